The number of carbonyl (C=O) groups is 2. The van der Waals surface area contributed by atoms with E-state index in [-0.39, 0.29) is 25.2 Å². The van der Waals surface area contributed by atoms with Gasteiger partial charge in [0.15, 0.2) is 6.10 Å². The van der Waals surface area contributed by atoms with Crippen LogP contribution in [0, 0.1) is 11.8 Å². The van der Waals surface area contributed by atoms with Gasteiger partial charge in [0.2, 0.25) is 0 Å². The van der Waals surface area contributed by atoms with Crippen LogP contribution in [0.3, 0.4) is 0 Å². The van der Waals surface area contributed by atoms with E-state index in [4.69, 9.17) is 9.47 Å². The Labute approximate surface area is 280 Å². The van der Waals surface area contributed by atoms with E-state index < -0.39 is 6.10 Å². The van der Waals surface area contributed by atoms with E-state index in [1.165, 1.54) is 141 Å². The van der Waals surface area contributed by atoms with Crippen LogP contribution >= 0.6 is 0 Å². The molecule has 5 nitrogen and oxygen atoms in total. The molecular weight excluding hydrogens is 560 g/mol. The Morgan fingerprint density at radius 3 is 1.04 bits per heavy atom. The number of ether oxygens (including phenoxy) is 2. The lowest BCUT2D eigenvalue weighted by atomic mass is 10.0. The minimum absolute atomic E-state index is 0.0586. The lowest BCUT2D eigenvalue weighted by Crippen LogP contribution is -2.28. The number of unbranched alkanes of at least 4 members (excludes halogenated alkanes) is 23. The van der Waals surface area contributed by atoms with Gasteiger partial charge in [0.05, 0.1) is 6.61 Å². The fraction of sp³-hybridized carbons (Fsp3) is 0.950. The van der Waals surface area contributed by atoms with Gasteiger partial charge in [0.1, 0.15) is 6.61 Å². The average molecular weight is 639 g/mol. The molecule has 0 aromatic heterocycles. The van der Waals surface area contributed by atoms with Crippen LogP contribution in [0.2, 0.25) is 0 Å². The zero-order valence-electron chi connectivity index (χ0n) is 30.7. The monoisotopic (exact) mass is 639 g/mol. The van der Waals surface area contributed by atoms with Crippen molar-refractivity contribution in [2.75, 3.05) is 13.2 Å². The molecule has 1 atom stereocenters. The van der Waals surface area contributed by atoms with Gasteiger partial charge in [-0.05, 0) is 24.7 Å². The number of aliphatic hydroxyl groups is 1. The van der Waals surface area contributed by atoms with Crippen molar-refractivity contribution < 1.29 is 24.2 Å². The van der Waals surface area contributed by atoms with Crippen molar-refractivity contribution in [1.29, 1.82) is 0 Å². The Balaban J connectivity index is 3.50. The largest absolute Gasteiger partial charge is 0.462 e. The molecule has 0 aliphatic rings. The lowest BCUT2D eigenvalue weighted by molar-refractivity contribution is -0.161. The molecule has 0 aliphatic heterocycles. The summed E-state index contributed by atoms with van der Waals surface area (Å²) in [5.74, 6) is 1.11. The molecule has 0 bridgehead atoms. The van der Waals surface area contributed by atoms with Crippen LogP contribution in [-0.2, 0) is 19.1 Å². The zero-order valence-corrected chi connectivity index (χ0v) is 30.7. The third kappa shape index (κ3) is 35.6. The Hall–Kier alpha value is -1.10. The van der Waals surface area contributed by atoms with Gasteiger partial charge in [0.25, 0.3) is 0 Å². The van der Waals surface area contributed by atoms with Crippen LogP contribution in [-0.4, -0.2) is 36.4 Å². The number of hydrogen-bond acceptors (Lipinski definition) is 5. The van der Waals surface area contributed by atoms with Gasteiger partial charge >= 0.3 is 11.9 Å². The van der Waals surface area contributed by atoms with E-state index in [0.717, 1.165) is 43.9 Å². The van der Waals surface area contributed by atoms with E-state index in [1.54, 1.807) is 0 Å². The van der Waals surface area contributed by atoms with Crippen molar-refractivity contribution in [3.8, 4) is 0 Å². The first-order valence-corrected chi connectivity index (χ1v) is 19.8. The molecule has 1 N–H and O–H groups in total. The summed E-state index contributed by atoms with van der Waals surface area (Å²) in [6.45, 7) is 8.85. The number of aliphatic hydroxyl groups excluding tert-OH is 1. The summed E-state index contributed by atoms with van der Waals surface area (Å²) in [5, 5.41) is 9.55. The standard InChI is InChI=1S/C40H78O5/c1-36(2)30-26-22-18-14-10-7-5-6-8-12-16-20-24-28-32-39(42)44-35-38(34-41)45-40(43)33-29-25-21-17-13-9-11-15-19-23-27-31-37(3)4/h36-38,41H,5-35H2,1-4H3/t38-/m1/s1. The molecule has 0 radical (unpaired) electrons. The first kappa shape index (κ1) is 43.9. The Bertz CT molecular complexity index is 632. The van der Waals surface area contributed by atoms with Crippen LogP contribution in [0.4, 0.5) is 0 Å². The topological polar surface area (TPSA) is 72.8 Å². The Morgan fingerprint density at radius 2 is 0.733 bits per heavy atom. The normalized spacial score (nSPS) is 12.2. The second kappa shape index (κ2) is 34.2. The summed E-state index contributed by atoms with van der Waals surface area (Å²) < 4.78 is 10.6. The highest BCUT2D eigenvalue weighted by molar-refractivity contribution is 5.70. The van der Waals surface area contributed by atoms with Gasteiger partial charge in [-0.3, -0.25) is 9.59 Å². The highest BCUT2D eigenvalue weighted by Crippen LogP contribution is 2.16. The fourth-order valence-corrected chi connectivity index (χ4v) is 5.98. The highest BCUT2D eigenvalue weighted by atomic mass is 16.6. The molecule has 0 rings (SSSR count). The minimum atomic E-state index is -0.762. The second-order valence-corrected chi connectivity index (χ2v) is 14.7. The van der Waals surface area contributed by atoms with Gasteiger partial charge in [0, 0.05) is 12.8 Å². The molecule has 0 saturated carbocycles. The Morgan fingerprint density at radius 1 is 0.444 bits per heavy atom. The third-order valence-electron chi connectivity index (χ3n) is 9.01. The number of esters is 2. The first-order valence-electron chi connectivity index (χ1n) is 19.8. The minimum Gasteiger partial charge on any atom is -0.462 e. The van der Waals surface area contributed by atoms with E-state index in [1.807, 2.05) is 0 Å². The third-order valence-corrected chi connectivity index (χ3v) is 9.01. The molecule has 45 heavy (non-hydrogen) atoms. The van der Waals surface area contributed by atoms with Crippen LogP contribution in [0.25, 0.3) is 0 Å². The summed E-state index contributed by atoms with van der Waals surface area (Å²) in [6, 6.07) is 0. The first-order chi connectivity index (χ1) is 21.8. The van der Waals surface area contributed by atoms with Crippen molar-refractivity contribution >= 4 is 11.9 Å². The van der Waals surface area contributed by atoms with E-state index in [0.29, 0.717) is 12.8 Å². The van der Waals surface area contributed by atoms with Gasteiger partial charge in [-0.15, -0.1) is 0 Å². The quantitative estimate of drug-likeness (QED) is 0.0552. The van der Waals surface area contributed by atoms with Gasteiger partial charge in [-0.2, -0.15) is 0 Å². The number of carbonyl (C=O) groups excluding carboxylic acids is 2. The molecule has 0 aromatic rings. The summed E-state index contributed by atoms with van der Waals surface area (Å²) >= 11 is 0. The Kier molecular flexibility index (Phi) is 33.4. The lowest BCUT2D eigenvalue weighted by Gasteiger charge is -2.15. The summed E-state index contributed by atoms with van der Waals surface area (Å²) in [4.78, 5) is 24.2. The second-order valence-electron chi connectivity index (χ2n) is 14.7. The van der Waals surface area contributed by atoms with Crippen molar-refractivity contribution in [2.45, 2.75) is 220 Å². The van der Waals surface area contributed by atoms with E-state index in [9.17, 15) is 14.7 Å². The molecular formula is C40H78O5. The van der Waals surface area contributed by atoms with Crippen LogP contribution in [0.1, 0.15) is 214 Å². The molecule has 0 amide bonds. The SMILES string of the molecule is CC(C)CCCCCCCCCCCCCCCCC(=O)OC[C@@H](CO)OC(=O)CCCCCCCCCCCCCC(C)C. The molecule has 0 aliphatic carbocycles. The van der Waals surface area contributed by atoms with Crippen LogP contribution < -0.4 is 0 Å². The van der Waals surface area contributed by atoms with Crippen molar-refractivity contribution in [3.63, 3.8) is 0 Å². The number of hydrogen-bond donors (Lipinski definition) is 1. The molecule has 5 heteroatoms. The maximum Gasteiger partial charge on any atom is 0.306 e. The van der Waals surface area contributed by atoms with Crippen LogP contribution in [0.5, 0.6) is 0 Å². The number of rotatable bonds is 35. The predicted octanol–water partition coefficient (Wildman–Crippen LogP) is 12.1. The van der Waals surface area contributed by atoms with Crippen molar-refractivity contribution in [2.24, 2.45) is 11.8 Å². The smallest absolute Gasteiger partial charge is 0.306 e. The van der Waals surface area contributed by atoms with Crippen molar-refractivity contribution in [1.82, 2.24) is 0 Å². The predicted molar refractivity (Wildman–Crippen MR) is 191 cm³/mol. The maximum atomic E-state index is 12.1. The van der Waals surface area contributed by atoms with E-state index >= 15 is 0 Å². The van der Waals surface area contributed by atoms with Crippen LogP contribution in [0.15, 0.2) is 0 Å². The van der Waals surface area contributed by atoms with E-state index in [2.05, 4.69) is 27.7 Å². The summed E-state index contributed by atoms with van der Waals surface area (Å²) in [5.41, 5.74) is 0. The molecule has 0 heterocycles. The molecule has 0 unspecified atom stereocenters. The van der Waals surface area contributed by atoms with Crippen molar-refractivity contribution in [3.05, 3.63) is 0 Å². The maximum absolute atomic E-state index is 12.1. The summed E-state index contributed by atoms with van der Waals surface area (Å²) in [6.07, 6.45) is 34.5. The van der Waals surface area contributed by atoms with Gasteiger partial charge in [-0.25, -0.2) is 0 Å². The zero-order chi connectivity index (χ0) is 33.2. The molecule has 0 aromatic carbocycles. The van der Waals surface area contributed by atoms with Gasteiger partial charge < -0.3 is 14.6 Å². The molecule has 268 valence electrons. The highest BCUT2D eigenvalue weighted by Gasteiger charge is 2.16. The molecule has 0 spiro atoms. The summed E-state index contributed by atoms with van der Waals surface area (Å²) in [7, 11) is 0. The van der Waals surface area contributed by atoms with Gasteiger partial charge in [-0.1, -0.05) is 188 Å². The fourth-order valence-electron chi connectivity index (χ4n) is 5.98. The molecule has 0 saturated heterocycles. The molecule has 0 fully saturated rings. The average Bonchev–Trinajstić information content (AvgIpc) is 3.00.